The SMILES string of the molecule is Cc1oc(-c2ccccc2)nc1CC(C)(C)NC(=O)Oc1c(C(=O)N2CCC2)cnn1C. The molecule has 2 aromatic heterocycles. The molecule has 0 aliphatic carbocycles. The highest BCUT2D eigenvalue weighted by atomic mass is 16.6. The molecule has 9 nitrogen and oxygen atoms in total. The van der Waals surface area contributed by atoms with Crippen LogP contribution in [0.2, 0.25) is 0 Å². The number of rotatable bonds is 6. The minimum Gasteiger partial charge on any atom is -0.441 e. The molecule has 1 saturated heterocycles. The van der Waals surface area contributed by atoms with Crippen molar-refractivity contribution in [2.24, 2.45) is 7.05 Å². The van der Waals surface area contributed by atoms with Gasteiger partial charge >= 0.3 is 6.09 Å². The summed E-state index contributed by atoms with van der Waals surface area (Å²) in [6.07, 6.45) is 2.18. The predicted octanol–water partition coefficient (Wildman–Crippen LogP) is 3.34. The van der Waals surface area contributed by atoms with E-state index in [0.29, 0.717) is 31.2 Å². The Morgan fingerprint density at radius 3 is 2.59 bits per heavy atom. The van der Waals surface area contributed by atoms with Gasteiger partial charge < -0.3 is 19.4 Å². The number of aryl methyl sites for hydroxylation is 2. The van der Waals surface area contributed by atoms with Gasteiger partial charge in [-0.1, -0.05) is 18.2 Å². The van der Waals surface area contributed by atoms with E-state index in [-0.39, 0.29) is 17.4 Å². The second-order valence-corrected chi connectivity index (χ2v) is 8.60. The van der Waals surface area contributed by atoms with Gasteiger partial charge in [0.1, 0.15) is 11.3 Å². The van der Waals surface area contributed by atoms with Crippen LogP contribution in [0.3, 0.4) is 0 Å². The van der Waals surface area contributed by atoms with Gasteiger partial charge in [0.15, 0.2) is 0 Å². The zero-order valence-electron chi connectivity index (χ0n) is 18.7. The molecule has 0 atom stereocenters. The molecule has 2 amide bonds. The molecular formula is C23H27N5O4. The first kappa shape index (κ1) is 21.6. The molecule has 3 heterocycles. The number of likely N-dealkylation sites (tertiary alicyclic amines) is 1. The van der Waals surface area contributed by atoms with Gasteiger partial charge in [-0.25, -0.2) is 14.5 Å². The molecule has 32 heavy (non-hydrogen) atoms. The van der Waals surface area contributed by atoms with E-state index in [1.54, 1.807) is 11.9 Å². The molecule has 9 heteroatoms. The number of oxazole rings is 1. The monoisotopic (exact) mass is 437 g/mol. The molecule has 1 aliphatic rings. The normalized spacial score (nSPS) is 13.6. The van der Waals surface area contributed by atoms with Gasteiger partial charge in [-0.3, -0.25) is 4.79 Å². The highest BCUT2D eigenvalue weighted by molar-refractivity contribution is 5.97. The lowest BCUT2D eigenvalue weighted by atomic mass is 9.98. The van der Waals surface area contributed by atoms with Crippen LogP contribution in [-0.2, 0) is 13.5 Å². The summed E-state index contributed by atoms with van der Waals surface area (Å²) in [5, 5.41) is 6.94. The topological polar surface area (TPSA) is 102 Å². The summed E-state index contributed by atoms with van der Waals surface area (Å²) in [5.41, 5.74) is 1.25. The van der Waals surface area contributed by atoms with Crippen LogP contribution in [-0.4, -0.2) is 50.3 Å². The number of aromatic nitrogens is 3. The number of amides is 2. The number of hydrogen-bond acceptors (Lipinski definition) is 6. The summed E-state index contributed by atoms with van der Waals surface area (Å²) >= 11 is 0. The molecule has 1 aromatic carbocycles. The fourth-order valence-electron chi connectivity index (χ4n) is 3.53. The van der Waals surface area contributed by atoms with Crippen molar-refractivity contribution in [1.82, 2.24) is 25.0 Å². The molecule has 1 N–H and O–H groups in total. The number of carbonyl (C=O) groups is 2. The Kier molecular flexibility index (Phi) is 5.73. The third kappa shape index (κ3) is 4.51. The number of carbonyl (C=O) groups excluding carboxylic acids is 2. The van der Waals surface area contributed by atoms with Crippen LogP contribution < -0.4 is 10.1 Å². The molecule has 1 aliphatic heterocycles. The average Bonchev–Trinajstić information content (AvgIpc) is 3.23. The number of hydrogen-bond donors (Lipinski definition) is 1. The van der Waals surface area contributed by atoms with Gasteiger partial charge in [-0.2, -0.15) is 5.10 Å². The quantitative estimate of drug-likeness (QED) is 0.635. The Bertz CT molecular complexity index is 1130. The molecular weight excluding hydrogens is 410 g/mol. The molecule has 0 saturated carbocycles. The van der Waals surface area contributed by atoms with E-state index in [9.17, 15) is 9.59 Å². The van der Waals surface area contributed by atoms with E-state index >= 15 is 0 Å². The van der Waals surface area contributed by atoms with Crippen molar-refractivity contribution in [3.63, 3.8) is 0 Å². The third-order valence-corrected chi connectivity index (χ3v) is 5.41. The van der Waals surface area contributed by atoms with Crippen molar-refractivity contribution in [3.8, 4) is 17.3 Å². The summed E-state index contributed by atoms with van der Waals surface area (Å²) in [5.74, 6) is 1.18. The summed E-state index contributed by atoms with van der Waals surface area (Å²) in [6.45, 7) is 7.01. The summed E-state index contributed by atoms with van der Waals surface area (Å²) in [7, 11) is 1.63. The van der Waals surface area contributed by atoms with Gasteiger partial charge in [0, 0.05) is 37.7 Å². The van der Waals surface area contributed by atoms with Gasteiger partial charge in [0.2, 0.25) is 11.8 Å². The van der Waals surface area contributed by atoms with Crippen LogP contribution in [0.1, 0.15) is 42.1 Å². The molecule has 0 unspecified atom stereocenters. The number of benzene rings is 1. The van der Waals surface area contributed by atoms with E-state index in [1.807, 2.05) is 51.1 Å². The van der Waals surface area contributed by atoms with Crippen molar-refractivity contribution >= 4 is 12.0 Å². The first-order chi connectivity index (χ1) is 15.2. The van der Waals surface area contributed by atoms with E-state index in [4.69, 9.17) is 9.15 Å². The number of ether oxygens (including phenoxy) is 1. The van der Waals surface area contributed by atoms with E-state index in [2.05, 4.69) is 15.4 Å². The standard InChI is InChI=1S/C23H27N5O4/c1-15-18(25-19(31-15)16-9-6-5-7-10-16)13-23(2,3)26-22(30)32-21-17(14-24-27(21)4)20(29)28-11-8-12-28/h5-7,9-10,14H,8,11-13H2,1-4H3,(H,26,30). The molecule has 0 spiro atoms. The van der Waals surface area contributed by atoms with E-state index < -0.39 is 11.6 Å². The van der Waals surface area contributed by atoms with Crippen molar-refractivity contribution in [2.75, 3.05) is 13.1 Å². The van der Waals surface area contributed by atoms with E-state index in [1.165, 1.54) is 10.9 Å². The molecule has 168 valence electrons. The highest BCUT2D eigenvalue weighted by Gasteiger charge is 2.30. The van der Waals surface area contributed by atoms with Crippen molar-refractivity contribution in [3.05, 3.63) is 53.5 Å². The number of nitrogens with zero attached hydrogens (tertiary/aromatic N) is 4. The summed E-state index contributed by atoms with van der Waals surface area (Å²) in [4.78, 5) is 31.5. The lowest BCUT2D eigenvalue weighted by molar-refractivity contribution is 0.0648. The Morgan fingerprint density at radius 1 is 1.22 bits per heavy atom. The molecule has 0 radical (unpaired) electrons. The maximum atomic E-state index is 12.7. The highest BCUT2D eigenvalue weighted by Crippen LogP contribution is 2.25. The van der Waals surface area contributed by atoms with Gasteiger partial charge in [-0.05, 0) is 39.3 Å². The molecule has 4 rings (SSSR count). The zero-order valence-corrected chi connectivity index (χ0v) is 18.7. The number of nitrogens with one attached hydrogen (secondary N) is 1. The van der Waals surface area contributed by atoms with Crippen molar-refractivity contribution in [2.45, 2.75) is 39.2 Å². The van der Waals surface area contributed by atoms with Crippen LogP contribution in [0.25, 0.3) is 11.5 Å². The smallest absolute Gasteiger partial charge is 0.414 e. The Hall–Kier alpha value is -3.62. The summed E-state index contributed by atoms with van der Waals surface area (Å²) < 4.78 is 12.7. The van der Waals surface area contributed by atoms with E-state index in [0.717, 1.165) is 17.7 Å². The lowest BCUT2D eigenvalue weighted by Crippen LogP contribution is -2.47. The van der Waals surface area contributed by atoms with Gasteiger partial charge in [0.05, 0.1) is 11.9 Å². The lowest BCUT2D eigenvalue weighted by Gasteiger charge is -2.30. The fourth-order valence-corrected chi connectivity index (χ4v) is 3.53. The van der Waals surface area contributed by atoms with Crippen LogP contribution in [0.5, 0.6) is 5.88 Å². The summed E-state index contributed by atoms with van der Waals surface area (Å²) in [6, 6.07) is 9.65. The Balaban J connectivity index is 1.43. The van der Waals surface area contributed by atoms with Gasteiger partial charge in [0.25, 0.3) is 5.91 Å². The minimum atomic E-state index is -0.674. The van der Waals surface area contributed by atoms with Crippen molar-refractivity contribution < 1.29 is 18.7 Å². The maximum absolute atomic E-state index is 12.7. The van der Waals surface area contributed by atoms with Crippen LogP contribution in [0.15, 0.2) is 40.9 Å². The third-order valence-electron chi connectivity index (χ3n) is 5.41. The maximum Gasteiger partial charge on any atom is 0.414 e. The van der Waals surface area contributed by atoms with Crippen LogP contribution in [0, 0.1) is 6.92 Å². The second-order valence-electron chi connectivity index (χ2n) is 8.60. The Labute approximate surface area is 186 Å². The van der Waals surface area contributed by atoms with Crippen molar-refractivity contribution in [1.29, 1.82) is 0 Å². The first-order valence-electron chi connectivity index (χ1n) is 10.6. The fraction of sp³-hybridized carbons (Fsp3) is 0.391. The largest absolute Gasteiger partial charge is 0.441 e. The average molecular weight is 438 g/mol. The molecule has 3 aromatic rings. The molecule has 0 bridgehead atoms. The van der Waals surface area contributed by atoms with Gasteiger partial charge in [-0.15, -0.1) is 0 Å². The Morgan fingerprint density at radius 2 is 1.94 bits per heavy atom. The predicted molar refractivity (Wildman–Crippen MR) is 117 cm³/mol. The second kappa shape index (κ2) is 8.49. The van der Waals surface area contributed by atoms with Crippen LogP contribution >= 0.6 is 0 Å². The first-order valence-corrected chi connectivity index (χ1v) is 10.6. The van der Waals surface area contributed by atoms with Crippen LogP contribution in [0.4, 0.5) is 4.79 Å². The minimum absolute atomic E-state index is 0.124. The zero-order chi connectivity index (χ0) is 22.9. The molecule has 1 fully saturated rings.